The van der Waals surface area contributed by atoms with Crippen LogP contribution in [-0.4, -0.2) is 30.7 Å². The molecule has 5 heteroatoms. The molecular weight excluding hydrogens is 242 g/mol. The molecule has 0 atom stereocenters. The third kappa shape index (κ3) is 5.03. The molecule has 108 valence electrons. The van der Waals surface area contributed by atoms with E-state index in [2.05, 4.69) is 36.6 Å². The van der Waals surface area contributed by atoms with Gasteiger partial charge in [0.2, 0.25) is 5.76 Å². The first-order chi connectivity index (χ1) is 9.22. The normalized spacial score (nSPS) is 10.9. The van der Waals surface area contributed by atoms with Crippen LogP contribution in [0.5, 0.6) is 0 Å². The molecule has 0 aromatic carbocycles. The number of hydrogen-bond donors (Lipinski definition) is 2. The van der Waals surface area contributed by atoms with Gasteiger partial charge in [-0.3, -0.25) is 4.79 Å². The number of carbonyl (C=O) groups excluding carboxylic acids is 1. The molecule has 1 heterocycles. The minimum Gasteiger partial charge on any atom is -0.351 e. The number of nitrogens with zero attached hydrogens (tertiary/aromatic N) is 1. The third-order valence-corrected chi connectivity index (χ3v) is 3.17. The van der Waals surface area contributed by atoms with E-state index in [9.17, 15) is 4.79 Å². The van der Waals surface area contributed by atoms with Crippen molar-refractivity contribution < 1.29 is 9.32 Å². The molecular formula is C14H25N3O2. The van der Waals surface area contributed by atoms with Crippen molar-refractivity contribution >= 4 is 5.91 Å². The van der Waals surface area contributed by atoms with E-state index in [0.29, 0.717) is 18.2 Å². The fraction of sp³-hybridized carbons (Fsp3) is 0.714. The van der Waals surface area contributed by atoms with Gasteiger partial charge in [-0.2, -0.15) is 0 Å². The highest BCUT2D eigenvalue weighted by atomic mass is 16.5. The summed E-state index contributed by atoms with van der Waals surface area (Å²) in [5.41, 5.74) is 0.874. The van der Waals surface area contributed by atoms with Gasteiger partial charge in [0.1, 0.15) is 0 Å². The fourth-order valence-corrected chi connectivity index (χ4v) is 1.95. The van der Waals surface area contributed by atoms with Gasteiger partial charge < -0.3 is 15.2 Å². The van der Waals surface area contributed by atoms with Gasteiger partial charge >= 0.3 is 0 Å². The largest absolute Gasteiger partial charge is 0.351 e. The zero-order valence-electron chi connectivity index (χ0n) is 12.2. The topological polar surface area (TPSA) is 67.2 Å². The van der Waals surface area contributed by atoms with Crippen LogP contribution < -0.4 is 10.6 Å². The zero-order valence-corrected chi connectivity index (χ0v) is 12.2. The lowest BCUT2D eigenvalue weighted by atomic mass is 9.99. The van der Waals surface area contributed by atoms with Crippen LogP contribution in [0, 0.1) is 0 Å². The maximum absolute atomic E-state index is 11.8. The summed E-state index contributed by atoms with van der Waals surface area (Å²) in [5.74, 6) is 0.483. The number of hydrogen-bond acceptors (Lipinski definition) is 4. The second-order valence-electron chi connectivity index (χ2n) is 4.64. The Kier molecular flexibility index (Phi) is 7.18. The fourth-order valence-electron chi connectivity index (χ4n) is 1.95. The lowest BCUT2D eigenvalue weighted by molar-refractivity contribution is 0.0917. The number of amides is 1. The van der Waals surface area contributed by atoms with Crippen LogP contribution in [-0.2, 0) is 0 Å². The van der Waals surface area contributed by atoms with E-state index in [1.54, 1.807) is 6.07 Å². The average Bonchev–Trinajstić information content (AvgIpc) is 2.89. The van der Waals surface area contributed by atoms with Crippen LogP contribution in [0.1, 0.15) is 62.2 Å². The van der Waals surface area contributed by atoms with Crippen LogP contribution in [0.4, 0.5) is 0 Å². The number of aromatic nitrogens is 1. The van der Waals surface area contributed by atoms with E-state index in [1.165, 1.54) is 0 Å². The van der Waals surface area contributed by atoms with Gasteiger partial charge in [0, 0.05) is 25.1 Å². The molecule has 1 rings (SSSR count). The molecule has 0 unspecified atom stereocenters. The highest BCUT2D eigenvalue weighted by molar-refractivity contribution is 5.91. The Bertz CT molecular complexity index is 373. The minimum atomic E-state index is -0.192. The van der Waals surface area contributed by atoms with Crippen LogP contribution in [0.2, 0.25) is 0 Å². The predicted molar refractivity (Wildman–Crippen MR) is 75.3 cm³/mol. The Labute approximate surface area is 115 Å². The van der Waals surface area contributed by atoms with Crippen molar-refractivity contribution in [3.8, 4) is 0 Å². The molecule has 0 spiro atoms. The van der Waals surface area contributed by atoms with Crippen molar-refractivity contribution in [2.24, 2.45) is 0 Å². The number of carbonyl (C=O) groups is 1. The Morgan fingerprint density at radius 2 is 2.00 bits per heavy atom. The van der Waals surface area contributed by atoms with Crippen LogP contribution in [0.25, 0.3) is 0 Å². The van der Waals surface area contributed by atoms with Gasteiger partial charge in [-0.05, 0) is 25.8 Å². The second kappa shape index (κ2) is 8.69. The first-order valence-electron chi connectivity index (χ1n) is 7.18. The molecule has 5 nitrogen and oxygen atoms in total. The molecule has 0 fully saturated rings. The molecule has 2 N–H and O–H groups in total. The summed E-state index contributed by atoms with van der Waals surface area (Å²) >= 11 is 0. The Balaban J connectivity index is 2.40. The summed E-state index contributed by atoms with van der Waals surface area (Å²) in [6.07, 6.45) is 3.10. The van der Waals surface area contributed by atoms with Gasteiger partial charge in [0.05, 0.1) is 5.69 Å². The zero-order chi connectivity index (χ0) is 14.1. The highest BCUT2D eigenvalue weighted by Gasteiger charge is 2.16. The molecule has 0 saturated carbocycles. The van der Waals surface area contributed by atoms with Crippen molar-refractivity contribution in [3.05, 3.63) is 17.5 Å². The van der Waals surface area contributed by atoms with Gasteiger partial charge in [-0.1, -0.05) is 25.9 Å². The lowest BCUT2D eigenvalue weighted by Gasteiger charge is -2.06. The molecule has 19 heavy (non-hydrogen) atoms. The molecule has 0 bridgehead atoms. The summed E-state index contributed by atoms with van der Waals surface area (Å²) < 4.78 is 5.11. The minimum absolute atomic E-state index is 0.192. The van der Waals surface area contributed by atoms with Crippen molar-refractivity contribution in [2.75, 3.05) is 19.6 Å². The van der Waals surface area contributed by atoms with E-state index < -0.39 is 0 Å². The molecule has 1 aromatic rings. The maximum atomic E-state index is 11.8. The smallest absolute Gasteiger partial charge is 0.289 e. The standard InChI is InChI=1S/C14H25N3O2/c1-4-7-15-8-9-16-14(18)13-10-12(17-19-13)11(5-2)6-3/h10-11,15H,4-9H2,1-3H3,(H,16,18). The van der Waals surface area contributed by atoms with E-state index in [-0.39, 0.29) is 5.91 Å². The quantitative estimate of drug-likeness (QED) is 0.674. The van der Waals surface area contributed by atoms with Gasteiger partial charge in [0.15, 0.2) is 0 Å². The van der Waals surface area contributed by atoms with Gasteiger partial charge in [-0.25, -0.2) is 0 Å². The monoisotopic (exact) mass is 267 g/mol. The lowest BCUT2D eigenvalue weighted by Crippen LogP contribution is -2.31. The van der Waals surface area contributed by atoms with E-state index in [1.807, 2.05) is 0 Å². The molecule has 0 aliphatic carbocycles. The Morgan fingerprint density at radius 1 is 1.26 bits per heavy atom. The SMILES string of the molecule is CCCNCCNC(=O)c1cc(C(CC)CC)no1. The number of rotatable bonds is 9. The van der Waals surface area contributed by atoms with E-state index >= 15 is 0 Å². The number of nitrogens with one attached hydrogen (secondary N) is 2. The van der Waals surface area contributed by atoms with Crippen molar-refractivity contribution in [1.82, 2.24) is 15.8 Å². The summed E-state index contributed by atoms with van der Waals surface area (Å²) in [7, 11) is 0. The van der Waals surface area contributed by atoms with Crippen molar-refractivity contribution in [3.63, 3.8) is 0 Å². The molecule has 0 aliphatic heterocycles. The van der Waals surface area contributed by atoms with Crippen LogP contribution >= 0.6 is 0 Å². The Hall–Kier alpha value is -1.36. The van der Waals surface area contributed by atoms with Crippen LogP contribution in [0.3, 0.4) is 0 Å². The van der Waals surface area contributed by atoms with Crippen LogP contribution in [0.15, 0.2) is 10.6 Å². The molecule has 0 saturated heterocycles. The van der Waals surface area contributed by atoms with E-state index in [4.69, 9.17) is 4.52 Å². The van der Waals surface area contributed by atoms with Gasteiger partial charge in [0.25, 0.3) is 5.91 Å². The molecule has 1 amide bonds. The summed E-state index contributed by atoms with van der Waals surface area (Å²) in [6, 6.07) is 1.76. The first kappa shape index (κ1) is 15.7. The van der Waals surface area contributed by atoms with E-state index in [0.717, 1.165) is 38.0 Å². The average molecular weight is 267 g/mol. The second-order valence-corrected chi connectivity index (χ2v) is 4.64. The molecule has 0 aliphatic rings. The summed E-state index contributed by atoms with van der Waals surface area (Å²) in [6.45, 7) is 8.67. The molecule has 0 radical (unpaired) electrons. The third-order valence-electron chi connectivity index (χ3n) is 3.17. The highest BCUT2D eigenvalue weighted by Crippen LogP contribution is 2.22. The first-order valence-corrected chi connectivity index (χ1v) is 7.18. The Morgan fingerprint density at radius 3 is 2.63 bits per heavy atom. The summed E-state index contributed by atoms with van der Waals surface area (Å²) in [5, 5.41) is 10.0. The maximum Gasteiger partial charge on any atom is 0.289 e. The predicted octanol–water partition coefficient (Wildman–Crippen LogP) is 2.31. The van der Waals surface area contributed by atoms with Crippen molar-refractivity contribution in [1.29, 1.82) is 0 Å². The molecule has 1 aromatic heterocycles. The van der Waals surface area contributed by atoms with Crippen molar-refractivity contribution in [2.45, 2.75) is 46.0 Å². The summed E-state index contributed by atoms with van der Waals surface area (Å²) in [4.78, 5) is 11.8. The van der Waals surface area contributed by atoms with Gasteiger partial charge in [-0.15, -0.1) is 0 Å².